The Labute approximate surface area is 134 Å². The number of hydrogen-bond acceptors (Lipinski definition) is 4. The number of fused-ring (bicyclic) bond motifs is 1. The van der Waals surface area contributed by atoms with E-state index in [9.17, 15) is 4.79 Å². The van der Waals surface area contributed by atoms with Crippen molar-refractivity contribution in [2.24, 2.45) is 0 Å². The van der Waals surface area contributed by atoms with Gasteiger partial charge in [-0.3, -0.25) is 4.90 Å². The number of thiazole rings is 1. The molecule has 0 saturated carbocycles. The first-order chi connectivity index (χ1) is 10.4. The molecule has 0 spiro atoms. The first kappa shape index (κ1) is 15.0. The van der Waals surface area contributed by atoms with Crippen LogP contribution in [0.4, 0.5) is 4.79 Å². The summed E-state index contributed by atoms with van der Waals surface area (Å²) in [6, 6.07) is 6.13. The Kier molecular flexibility index (Phi) is 3.91. The topological polar surface area (TPSA) is 42.4 Å². The van der Waals surface area contributed by atoms with Gasteiger partial charge in [0.05, 0.1) is 21.4 Å². The fourth-order valence-corrected chi connectivity index (χ4v) is 3.23. The second-order valence-electron chi connectivity index (χ2n) is 6.40. The van der Waals surface area contributed by atoms with Crippen LogP contribution >= 0.6 is 11.3 Å². The highest BCUT2D eigenvalue weighted by Crippen LogP contribution is 2.29. The summed E-state index contributed by atoms with van der Waals surface area (Å²) in [4.78, 5) is 18.5. The average molecular weight is 316 g/mol. The van der Waals surface area contributed by atoms with Crippen LogP contribution in [0.2, 0.25) is 0 Å². The van der Waals surface area contributed by atoms with Gasteiger partial charge in [-0.15, -0.1) is 11.3 Å². The van der Waals surface area contributed by atoms with Gasteiger partial charge in [0.2, 0.25) is 0 Å². The Morgan fingerprint density at radius 3 is 2.95 bits per heavy atom. The third-order valence-electron chi connectivity index (χ3n) is 3.46. The monoisotopic (exact) mass is 316 g/mol. The Morgan fingerprint density at radius 1 is 1.36 bits per heavy atom. The van der Waals surface area contributed by atoms with Crippen LogP contribution in [0, 0.1) is 0 Å². The SMILES string of the molecule is CC(C)(C)OC(=O)N1CCCC=C1c1ccc2ncsc2c1. The van der Waals surface area contributed by atoms with Gasteiger partial charge in [-0.05, 0) is 51.3 Å². The molecule has 0 atom stereocenters. The van der Waals surface area contributed by atoms with Gasteiger partial charge in [0.25, 0.3) is 0 Å². The standard InChI is InChI=1S/C17H20N2O2S/c1-17(2,3)21-16(20)19-9-5-4-6-14(19)12-7-8-13-15(10-12)22-11-18-13/h6-8,10-11H,4-5,9H2,1-3H3. The van der Waals surface area contributed by atoms with Crippen molar-refractivity contribution >= 4 is 33.3 Å². The molecule has 2 aromatic rings. The van der Waals surface area contributed by atoms with Gasteiger partial charge in [-0.1, -0.05) is 12.1 Å². The van der Waals surface area contributed by atoms with E-state index in [2.05, 4.69) is 17.1 Å². The van der Waals surface area contributed by atoms with E-state index in [4.69, 9.17) is 4.74 Å². The maximum atomic E-state index is 12.5. The highest BCUT2D eigenvalue weighted by molar-refractivity contribution is 7.16. The molecule has 1 amide bonds. The van der Waals surface area contributed by atoms with E-state index in [1.165, 1.54) is 0 Å². The van der Waals surface area contributed by atoms with E-state index >= 15 is 0 Å². The predicted octanol–water partition coefficient (Wildman–Crippen LogP) is 4.67. The van der Waals surface area contributed by atoms with Gasteiger partial charge < -0.3 is 4.74 Å². The molecule has 0 saturated heterocycles. The van der Waals surface area contributed by atoms with E-state index in [0.29, 0.717) is 6.54 Å². The summed E-state index contributed by atoms with van der Waals surface area (Å²) in [5.74, 6) is 0. The smallest absolute Gasteiger partial charge is 0.414 e. The summed E-state index contributed by atoms with van der Waals surface area (Å²) in [6.45, 7) is 6.37. The van der Waals surface area contributed by atoms with Crippen molar-refractivity contribution in [3.05, 3.63) is 35.3 Å². The van der Waals surface area contributed by atoms with Crippen molar-refractivity contribution in [2.45, 2.75) is 39.2 Å². The molecule has 0 bridgehead atoms. The van der Waals surface area contributed by atoms with Crippen LogP contribution in [-0.4, -0.2) is 28.1 Å². The Hall–Kier alpha value is -1.88. The van der Waals surface area contributed by atoms with Gasteiger partial charge in [0.15, 0.2) is 0 Å². The summed E-state index contributed by atoms with van der Waals surface area (Å²) in [6.07, 6.45) is 3.79. The van der Waals surface area contributed by atoms with Gasteiger partial charge >= 0.3 is 6.09 Å². The molecule has 0 fully saturated rings. The van der Waals surface area contributed by atoms with Crippen LogP contribution in [0.15, 0.2) is 29.8 Å². The van der Waals surface area contributed by atoms with E-state index in [-0.39, 0.29) is 6.09 Å². The lowest BCUT2D eigenvalue weighted by Gasteiger charge is -2.31. The fraction of sp³-hybridized carbons (Fsp3) is 0.412. The van der Waals surface area contributed by atoms with Crippen molar-refractivity contribution in [1.29, 1.82) is 0 Å². The molecule has 116 valence electrons. The summed E-state index contributed by atoms with van der Waals surface area (Å²) in [5, 5.41) is 0. The average Bonchev–Trinajstić information content (AvgIpc) is 2.92. The number of rotatable bonds is 1. The summed E-state index contributed by atoms with van der Waals surface area (Å²) < 4.78 is 6.67. The lowest BCUT2D eigenvalue weighted by molar-refractivity contribution is 0.0347. The number of hydrogen-bond donors (Lipinski definition) is 0. The molecule has 1 aromatic carbocycles. The Balaban J connectivity index is 1.92. The van der Waals surface area contributed by atoms with Crippen LogP contribution in [0.1, 0.15) is 39.2 Å². The van der Waals surface area contributed by atoms with Crippen LogP contribution < -0.4 is 0 Å². The molecule has 2 heterocycles. The number of nitrogens with zero attached hydrogens (tertiary/aromatic N) is 2. The van der Waals surface area contributed by atoms with E-state index < -0.39 is 5.60 Å². The molecule has 0 aliphatic carbocycles. The molecule has 0 unspecified atom stereocenters. The van der Waals surface area contributed by atoms with Crippen LogP contribution in [0.5, 0.6) is 0 Å². The van der Waals surface area contributed by atoms with E-state index in [1.807, 2.05) is 38.4 Å². The van der Waals surface area contributed by atoms with Crippen molar-refractivity contribution in [3.63, 3.8) is 0 Å². The van der Waals surface area contributed by atoms with Gasteiger partial charge in [0.1, 0.15) is 5.60 Å². The maximum Gasteiger partial charge on any atom is 0.414 e. The largest absolute Gasteiger partial charge is 0.443 e. The second kappa shape index (κ2) is 5.72. The zero-order valence-electron chi connectivity index (χ0n) is 13.1. The Morgan fingerprint density at radius 2 is 2.18 bits per heavy atom. The lowest BCUT2D eigenvalue weighted by Crippen LogP contribution is -2.37. The number of benzene rings is 1. The number of carbonyl (C=O) groups is 1. The fourth-order valence-electron chi connectivity index (χ4n) is 2.51. The van der Waals surface area contributed by atoms with Crippen LogP contribution in [0.3, 0.4) is 0 Å². The van der Waals surface area contributed by atoms with E-state index in [0.717, 1.165) is 34.3 Å². The number of aromatic nitrogens is 1. The number of amides is 1. The minimum Gasteiger partial charge on any atom is -0.443 e. The van der Waals surface area contributed by atoms with Gasteiger partial charge in [0, 0.05) is 6.54 Å². The third kappa shape index (κ3) is 3.14. The molecular formula is C17H20N2O2S. The summed E-state index contributed by atoms with van der Waals surface area (Å²) in [5.41, 5.74) is 4.34. The molecule has 1 aliphatic rings. The first-order valence-electron chi connectivity index (χ1n) is 7.48. The lowest BCUT2D eigenvalue weighted by atomic mass is 10.1. The highest BCUT2D eigenvalue weighted by Gasteiger charge is 2.27. The molecule has 22 heavy (non-hydrogen) atoms. The van der Waals surface area contributed by atoms with Gasteiger partial charge in [-0.2, -0.15) is 0 Å². The zero-order chi connectivity index (χ0) is 15.7. The molecule has 0 radical (unpaired) electrons. The molecule has 3 rings (SSSR count). The number of allylic oxidation sites excluding steroid dienone is 1. The minimum absolute atomic E-state index is 0.275. The number of carbonyl (C=O) groups excluding carboxylic acids is 1. The zero-order valence-corrected chi connectivity index (χ0v) is 13.9. The molecule has 5 heteroatoms. The predicted molar refractivity (Wildman–Crippen MR) is 89.8 cm³/mol. The van der Waals surface area contributed by atoms with Gasteiger partial charge in [-0.25, -0.2) is 9.78 Å². The molecule has 1 aromatic heterocycles. The van der Waals surface area contributed by atoms with Crippen LogP contribution in [0.25, 0.3) is 15.9 Å². The minimum atomic E-state index is -0.485. The van der Waals surface area contributed by atoms with Crippen LogP contribution in [-0.2, 0) is 4.74 Å². The quantitative estimate of drug-likeness (QED) is 0.768. The molecule has 1 aliphatic heterocycles. The Bertz CT molecular complexity index is 728. The maximum absolute atomic E-state index is 12.5. The molecule has 4 nitrogen and oxygen atoms in total. The van der Waals surface area contributed by atoms with Crippen molar-refractivity contribution < 1.29 is 9.53 Å². The highest BCUT2D eigenvalue weighted by atomic mass is 32.1. The first-order valence-corrected chi connectivity index (χ1v) is 8.36. The second-order valence-corrected chi connectivity index (χ2v) is 7.28. The van der Waals surface area contributed by atoms with Crippen molar-refractivity contribution in [3.8, 4) is 0 Å². The van der Waals surface area contributed by atoms with Crippen molar-refractivity contribution in [1.82, 2.24) is 9.88 Å². The summed E-state index contributed by atoms with van der Waals surface area (Å²) in [7, 11) is 0. The third-order valence-corrected chi connectivity index (χ3v) is 4.25. The molecule has 0 N–H and O–H groups in total. The molecular weight excluding hydrogens is 296 g/mol. The normalized spacial score (nSPS) is 15.8. The van der Waals surface area contributed by atoms with E-state index in [1.54, 1.807) is 16.2 Å². The number of ether oxygens (including phenoxy) is 1. The van der Waals surface area contributed by atoms with Crippen molar-refractivity contribution in [2.75, 3.05) is 6.54 Å². The summed E-state index contributed by atoms with van der Waals surface area (Å²) >= 11 is 1.61.